The van der Waals surface area contributed by atoms with Gasteiger partial charge in [-0.05, 0) is 89.1 Å². The first-order valence-electron chi connectivity index (χ1n) is 14.0. The van der Waals surface area contributed by atoms with Crippen LogP contribution < -0.4 is 15.8 Å². The largest absolute Gasteiger partial charge is 0.325 e. The molecule has 186 valence electrons. The van der Waals surface area contributed by atoms with Gasteiger partial charge in [0.1, 0.15) is 0 Å². The Bertz CT molecular complexity index is 667. The molecular weight excluding hydrogens is 418 g/mol. The van der Waals surface area contributed by atoms with Gasteiger partial charge in [-0.1, -0.05) is 57.8 Å². The molecule has 1 saturated heterocycles. The van der Waals surface area contributed by atoms with Gasteiger partial charge in [0, 0.05) is 11.1 Å². The zero-order chi connectivity index (χ0) is 22.5. The lowest BCUT2D eigenvalue weighted by Crippen LogP contribution is -2.59. The molecule has 1 aliphatic heterocycles. The van der Waals surface area contributed by atoms with Crippen molar-refractivity contribution < 1.29 is 8.42 Å². The molecule has 0 aromatic heterocycles. The van der Waals surface area contributed by atoms with E-state index in [1.165, 1.54) is 96.3 Å². The minimum atomic E-state index is -3.07. The van der Waals surface area contributed by atoms with E-state index in [0.29, 0.717) is 5.92 Å². The third kappa shape index (κ3) is 6.28. The maximum absolute atomic E-state index is 12.4. The van der Waals surface area contributed by atoms with Crippen LogP contribution in [0.1, 0.15) is 122 Å². The number of nitrogens with two attached hydrogens (primary N) is 1. The lowest BCUT2D eigenvalue weighted by Gasteiger charge is -2.45. The normalized spacial score (nSPS) is 29.7. The summed E-state index contributed by atoms with van der Waals surface area (Å²) in [6.45, 7) is 1.90. The molecule has 4 aliphatic carbocycles. The molecule has 4 N–H and O–H groups in total. The van der Waals surface area contributed by atoms with Crippen molar-refractivity contribution in [2.75, 3.05) is 13.1 Å². The molecule has 4 saturated carbocycles. The summed E-state index contributed by atoms with van der Waals surface area (Å²) >= 11 is 0. The first kappa shape index (κ1) is 24.9. The molecular formula is C26H49N3O2S. The molecule has 0 amide bonds. The van der Waals surface area contributed by atoms with Crippen molar-refractivity contribution in [1.82, 2.24) is 10.0 Å². The minimum Gasteiger partial charge on any atom is -0.325 e. The fourth-order valence-electron chi connectivity index (χ4n) is 7.16. The van der Waals surface area contributed by atoms with Gasteiger partial charge < -0.3 is 11.1 Å². The summed E-state index contributed by atoms with van der Waals surface area (Å²) < 4.78 is 27.9. The van der Waals surface area contributed by atoms with Crippen LogP contribution in [0.15, 0.2) is 0 Å². The van der Waals surface area contributed by atoms with Crippen LogP contribution in [-0.4, -0.2) is 37.8 Å². The Kier molecular flexibility index (Phi) is 8.61. The Labute approximate surface area is 197 Å². The second-order valence-corrected chi connectivity index (χ2v) is 13.7. The highest BCUT2D eigenvalue weighted by Crippen LogP contribution is 2.41. The highest BCUT2D eigenvalue weighted by atomic mass is 32.2. The molecule has 5 fully saturated rings. The number of nitrogens with one attached hydrogen (secondary N) is 2. The molecule has 0 bridgehead atoms. The number of sulfonamides is 1. The number of rotatable bonds is 5. The van der Waals surface area contributed by atoms with E-state index in [1.807, 2.05) is 0 Å². The Balaban J connectivity index is 0.000000165. The molecule has 5 aliphatic rings. The van der Waals surface area contributed by atoms with Crippen molar-refractivity contribution in [3.05, 3.63) is 0 Å². The predicted octanol–water partition coefficient (Wildman–Crippen LogP) is 5.00. The monoisotopic (exact) mass is 467 g/mol. The van der Waals surface area contributed by atoms with E-state index in [2.05, 4.69) is 10.0 Å². The number of hydrogen-bond acceptors (Lipinski definition) is 4. The lowest BCUT2D eigenvalue weighted by molar-refractivity contribution is 0.144. The highest BCUT2D eigenvalue weighted by Gasteiger charge is 2.46. The van der Waals surface area contributed by atoms with Crippen molar-refractivity contribution >= 4 is 10.0 Å². The molecule has 0 unspecified atom stereocenters. The minimum absolute atomic E-state index is 0.0946. The van der Waals surface area contributed by atoms with E-state index in [4.69, 9.17) is 5.73 Å². The Morgan fingerprint density at radius 1 is 0.656 bits per heavy atom. The molecule has 1 heterocycles. The van der Waals surface area contributed by atoms with Crippen LogP contribution >= 0.6 is 0 Å². The first-order valence-corrected chi connectivity index (χ1v) is 15.5. The maximum Gasteiger partial charge on any atom is 0.214 e. The van der Waals surface area contributed by atoms with Crippen molar-refractivity contribution in [2.24, 2.45) is 17.6 Å². The molecule has 0 spiro atoms. The summed E-state index contributed by atoms with van der Waals surface area (Å²) in [7, 11) is -3.07. The third-order valence-electron chi connectivity index (χ3n) is 9.39. The van der Waals surface area contributed by atoms with Gasteiger partial charge in [0.15, 0.2) is 0 Å². The van der Waals surface area contributed by atoms with Gasteiger partial charge in [0.2, 0.25) is 10.0 Å². The van der Waals surface area contributed by atoms with Crippen molar-refractivity contribution in [3.8, 4) is 0 Å². The molecule has 6 heteroatoms. The molecule has 0 atom stereocenters. The van der Waals surface area contributed by atoms with Crippen LogP contribution in [0.5, 0.6) is 0 Å². The molecule has 0 aromatic carbocycles. The maximum atomic E-state index is 12.4. The summed E-state index contributed by atoms with van der Waals surface area (Å²) in [5.74, 6) is 1.42. The second-order valence-electron chi connectivity index (χ2n) is 11.7. The summed E-state index contributed by atoms with van der Waals surface area (Å²) in [6.07, 6.45) is 23.8. The average molecular weight is 468 g/mol. The van der Waals surface area contributed by atoms with Crippen LogP contribution in [-0.2, 0) is 10.0 Å². The molecule has 5 rings (SSSR count). The Hall–Kier alpha value is -0.170. The standard InChI is InChI=1S/C14H26N2O2S.C12H23N/c17-19(18,13-6-7-13)16-14(8-10-15-11-9-14)12-4-2-1-3-5-12;13-12(9-5-2-6-10-12)11-7-3-1-4-8-11/h12-13,15-16H,1-11H2;11H,1-10,13H2. The van der Waals surface area contributed by atoms with Crippen molar-refractivity contribution in [3.63, 3.8) is 0 Å². The second kappa shape index (κ2) is 11.0. The van der Waals surface area contributed by atoms with Gasteiger partial charge in [-0.15, -0.1) is 0 Å². The first-order chi connectivity index (χ1) is 15.4. The van der Waals surface area contributed by atoms with Crippen LogP contribution in [0.3, 0.4) is 0 Å². The van der Waals surface area contributed by atoms with E-state index in [9.17, 15) is 8.42 Å². The van der Waals surface area contributed by atoms with Gasteiger partial charge in [0.25, 0.3) is 0 Å². The van der Waals surface area contributed by atoms with E-state index in [0.717, 1.165) is 44.7 Å². The predicted molar refractivity (Wildman–Crippen MR) is 133 cm³/mol. The third-order valence-corrected chi connectivity index (χ3v) is 11.4. The molecule has 5 nitrogen and oxygen atoms in total. The average Bonchev–Trinajstić information content (AvgIpc) is 3.68. The fraction of sp³-hybridized carbons (Fsp3) is 1.00. The van der Waals surface area contributed by atoms with Crippen LogP contribution in [0, 0.1) is 11.8 Å². The zero-order valence-corrected chi connectivity index (χ0v) is 21.2. The SMILES string of the molecule is NC1(C2CCCCC2)CCCCC1.O=S(=O)(NC1(C2CCCCC2)CCNCC1)C1CC1. The Morgan fingerprint density at radius 2 is 1.16 bits per heavy atom. The molecule has 0 aromatic rings. The Morgan fingerprint density at radius 3 is 1.69 bits per heavy atom. The van der Waals surface area contributed by atoms with E-state index in [1.54, 1.807) is 0 Å². The zero-order valence-electron chi connectivity index (χ0n) is 20.4. The number of hydrogen-bond donors (Lipinski definition) is 3. The summed E-state index contributed by atoms with van der Waals surface area (Å²) in [5, 5.41) is 3.28. The van der Waals surface area contributed by atoms with Gasteiger partial charge >= 0.3 is 0 Å². The highest BCUT2D eigenvalue weighted by molar-refractivity contribution is 7.90. The topological polar surface area (TPSA) is 84.2 Å². The fourth-order valence-corrected chi connectivity index (χ4v) is 9.02. The summed E-state index contributed by atoms with van der Waals surface area (Å²) in [4.78, 5) is 0. The van der Waals surface area contributed by atoms with E-state index in [-0.39, 0.29) is 16.3 Å². The van der Waals surface area contributed by atoms with Crippen molar-refractivity contribution in [2.45, 2.75) is 138 Å². The number of piperidine rings is 1. The smallest absolute Gasteiger partial charge is 0.214 e. The van der Waals surface area contributed by atoms with E-state index >= 15 is 0 Å². The van der Waals surface area contributed by atoms with Gasteiger partial charge in [0.05, 0.1) is 5.25 Å². The van der Waals surface area contributed by atoms with Crippen LogP contribution in [0.4, 0.5) is 0 Å². The van der Waals surface area contributed by atoms with Gasteiger partial charge in [-0.2, -0.15) is 0 Å². The quantitative estimate of drug-likeness (QED) is 0.531. The van der Waals surface area contributed by atoms with Crippen LogP contribution in [0.25, 0.3) is 0 Å². The summed E-state index contributed by atoms with van der Waals surface area (Å²) in [6, 6.07) is 0. The van der Waals surface area contributed by atoms with Gasteiger partial charge in [-0.3, -0.25) is 0 Å². The van der Waals surface area contributed by atoms with Crippen LogP contribution in [0.2, 0.25) is 0 Å². The van der Waals surface area contributed by atoms with Gasteiger partial charge in [-0.25, -0.2) is 13.1 Å². The summed E-state index contributed by atoms with van der Waals surface area (Å²) in [5.41, 5.74) is 6.64. The molecule has 32 heavy (non-hydrogen) atoms. The molecule has 0 radical (unpaired) electrons. The van der Waals surface area contributed by atoms with Crippen molar-refractivity contribution in [1.29, 1.82) is 0 Å². The lowest BCUT2D eigenvalue weighted by atomic mass is 9.68. The van der Waals surface area contributed by atoms with E-state index < -0.39 is 10.0 Å².